The second-order valence-corrected chi connectivity index (χ2v) is 8.84. The average molecular weight is 463 g/mol. The number of ether oxygens (including phenoxy) is 1. The fraction of sp³-hybridized carbons (Fsp3) is 0.417. The molecule has 0 heterocycles. The van der Waals surface area contributed by atoms with Gasteiger partial charge < -0.3 is 15.0 Å². The highest BCUT2D eigenvalue weighted by atomic mass is 35.5. The first-order valence-corrected chi connectivity index (χ1v) is 11.8. The molecule has 168 valence electrons. The molecule has 2 atom stereocenters. The van der Waals surface area contributed by atoms with Crippen molar-refractivity contribution in [2.75, 3.05) is 12.9 Å². The van der Waals surface area contributed by atoms with E-state index >= 15 is 0 Å². The van der Waals surface area contributed by atoms with E-state index in [-0.39, 0.29) is 23.6 Å². The highest BCUT2D eigenvalue weighted by Crippen LogP contribution is 2.23. The van der Waals surface area contributed by atoms with Crippen LogP contribution in [0.15, 0.2) is 53.4 Å². The van der Waals surface area contributed by atoms with Gasteiger partial charge in [0.05, 0.1) is 12.9 Å². The Morgan fingerprint density at radius 2 is 1.84 bits per heavy atom. The summed E-state index contributed by atoms with van der Waals surface area (Å²) in [4.78, 5) is 28.9. The molecule has 0 aromatic heterocycles. The Morgan fingerprint density at radius 1 is 1.13 bits per heavy atom. The fourth-order valence-electron chi connectivity index (χ4n) is 3.09. The standard InChI is InChI=1S/C24H31ClN2O3S/c1-5-17(3)26-24(29)22(6-2)27(15-18-8-7-9-20(14-18)30-4)23(28)16-31-21-12-10-19(25)11-13-21/h7-14,17,22H,5-6,15-16H2,1-4H3,(H,26,29)/t17-,22-/m0/s1. The normalized spacial score (nSPS) is 12.7. The van der Waals surface area contributed by atoms with Crippen LogP contribution in [0.2, 0.25) is 5.02 Å². The summed E-state index contributed by atoms with van der Waals surface area (Å²) in [6.45, 7) is 6.26. The number of nitrogens with one attached hydrogen (secondary N) is 1. The quantitative estimate of drug-likeness (QED) is 0.468. The largest absolute Gasteiger partial charge is 0.497 e. The number of rotatable bonds is 11. The summed E-state index contributed by atoms with van der Waals surface area (Å²) in [7, 11) is 1.61. The van der Waals surface area contributed by atoms with E-state index in [1.165, 1.54) is 11.8 Å². The van der Waals surface area contributed by atoms with E-state index in [0.29, 0.717) is 18.0 Å². The number of carbonyl (C=O) groups excluding carboxylic acids is 2. The minimum absolute atomic E-state index is 0.0544. The van der Waals surface area contributed by atoms with Crippen molar-refractivity contribution < 1.29 is 14.3 Å². The molecule has 0 unspecified atom stereocenters. The molecule has 5 nitrogen and oxygen atoms in total. The van der Waals surface area contributed by atoms with E-state index in [1.54, 1.807) is 24.1 Å². The van der Waals surface area contributed by atoms with Crippen molar-refractivity contribution >= 4 is 35.2 Å². The van der Waals surface area contributed by atoms with Crippen molar-refractivity contribution in [3.63, 3.8) is 0 Å². The third-order valence-corrected chi connectivity index (χ3v) is 6.30. The van der Waals surface area contributed by atoms with E-state index in [1.807, 2.05) is 57.2 Å². The summed E-state index contributed by atoms with van der Waals surface area (Å²) in [5.41, 5.74) is 0.916. The third kappa shape index (κ3) is 7.78. The van der Waals surface area contributed by atoms with Crippen LogP contribution in [0.3, 0.4) is 0 Å². The molecule has 0 radical (unpaired) electrons. The van der Waals surface area contributed by atoms with Crippen LogP contribution in [-0.2, 0) is 16.1 Å². The Balaban J connectivity index is 2.22. The second-order valence-electron chi connectivity index (χ2n) is 7.36. The van der Waals surface area contributed by atoms with Crippen molar-refractivity contribution in [2.45, 2.75) is 57.1 Å². The van der Waals surface area contributed by atoms with Crippen molar-refractivity contribution in [1.82, 2.24) is 10.2 Å². The maximum atomic E-state index is 13.3. The second kappa shape index (κ2) is 12.6. The zero-order valence-corrected chi connectivity index (χ0v) is 20.1. The summed E-state index contributed by atoms with van der Waals surface area (Å²) < 4.78 is 5.32. The zero-order valence-electron chi connectivity index (χ0n) is 18.6. The maximum Gasteiger partial charge on any atom is 0.243 e. The number of hydrogen-bond donors (Lipinski definition) is 1. The lowest BCUT2D eigenvalue weighted by Gasteiger charge is -2.31. The van der Waals surface area contributed by atoms with Gasteiger partial charge in [-0.1, -0.05) is 37.6 Å². The number of methoxy groups -OCH3 is 1. The first-order valence-electron chi connectivity index (χ1n) is 10.5. The van der Waals surface area contributed by atoms with Crippen molar-refractivity contribution in [3.8, 4) is 5.75 Å². The van der Waals surface area contributed by atoms with E-state index < -0.39 is 6.04 Å². The lowest BCUT2D eigenvalue weighted by atomic mass is 10.1. The Morgan fingerprint density at radius 3 is 2.45 bits per heavy atom. The Labute approximate surface area is 194 Å². The molecule has 0 aliphatic rings. The number of amides is 2. The van der Waals surface area contributed by atoms with Gasteiger partial charge >= 0.3 is 0 Å². The minimum Gasteiger partial charge on any atom is -0.497 e. The van der Waals surface area contributed by atoms with Crippen LogP contribution >= 0.6 is 23.4 Å². The van der Waals surface area contributed by atoms with Gasteiger partial charge in [0.15, 0.2) is 0 Å². The van der Waals surface area contributed by atoms with Gasteiger partial charge in [0.2, 0.25) is 11.8 Å². The molecule has 0 saturated heterocycles. The number of nitrogens with zero attached hydrogens (tertiary/aromatic N) is 1. The van der Waals surface area contributed by atoms with Gasteiger partial charge in [0.1, 0.15) is 11.8 Å². The van der Waals surface area contributed by atoms with Gasteiger partial charge in [-0.2, -0.15) is 0 Å². The molecular formula is C24H31ClN2O3S. The summed E-state index contributed by atoms with van der Waals surface area (Å²) in [6, 6.07) is 14.5. The summed E-state index contributed by atoms with van der Waals surface area (Å²) >= 11 is 7.38. The summed E-state index contributed by atoms with van der Waals surface area (Å²) in [5, 5.41) is 3.68. The van der Waals surface area contributed by atoms with Gasteiger partial charge in [0, 0.05) is 22.5 Å². The zero-order chi connectivity index (χ0) is 22.8. The van der Waals surface area contributed by atoms with Crippen LogP contribution in [0.1, 0.15) is 39.2 Å². The highest BCUT2D eigenvalue weighted by Gasteiger charge is 2.29. The topological polar surface area (TPSA) is 58.6 Å². The Bertz CT molecular complexity index is 860. The van der Waals surface area contributed by atoms with Crippen LogP contribution in [-0.4, -0.2) is 41.7 Å². The SMILES string of the molecule is CC[C@H](C)NC(=O)[C@H](CC)N(Cc1cccc(OC)c1)C(=O)CSc1ccc(Cl)cc1. The third-order valence-electron chi connectivity index (χ3n) is 5.05. The van der Waals surface area contributed by atoms with E-state index in [9.17, 15) is 9.59 Å². The predicted octanol–water partition coefficient (Wildman–Crippen LogP) is 5.16. The minimum atomic E-state index is -0.543. The smallest absolute Gasteiger partial charge is 0.243 e. The molecule has 0 fully saturated rings. The fourth-order valence-corrected chi connectivity index (χ4v) is 4.00. The molecular weight excluding hydrogens is 432 g/mol. The molecule has 2 aromatic rings. The van der Waals surface area contributed by atoms with Crippen LogP contribution < -0.4 is 10.1 Å². The molecule has 2 rings (SSSR count). The number of halogens is 1. The van der Waals surface area contributed by atoms with E-state index in [0.717, 1.165) is 22.6 Å². The molecule has 0 aliphatic carbocycles. The Kier molecular flexibility index (Phi) is 10.2. The average Bonchev–Trinajstić information content (AvgIpc) is 2.78. The first kappa shape index (κ1) is 25.1. The van der Waals surface area contributed by atoms with Crippen LogP contribution in [0.5, 0.6) is 5.75 Å². The van der Waals surface area contributed by atoms with E-state index in [2.05, 4.69) is 5.32 Å². The first-order chi connectivity index (χ1) is 14.9. The molecule has 0 spiro atoms. The lowest BCUT2D eigenvalue weighted by Crippen LogP contribution is -2.51. The lowest BCUT2D eigenvalue weighted by molar-refractivity contribution is -0.139. The van der Waals surface area contributed by atoms with Crippen molar-refractivity contribution in [3.05, 3.63) is 59.1 Å². The Hall–Kier alpha value is -2.18. The number of carbonyl (C=O) groups is 2. The molecule has 0 saturated carbocycles. The molecule has 0 aliphatic heterocycles. The number of thioether (sulfide) groups is 1. The van der Waals surface area contributed by atoms with Crippen LogP contribution in [0.4, 0.5) is 0 Å². The summed E-state index contributed by atoms with van der Waals surface area (Å²) in [5.74, 6) is 0.745. The molecule has 7 heteroatoms. The van der Waals surface area contributed by atoms with Gasteiger partial charge in [-0.15, -0.1) is 11.8 Å². The molecule has 0 bridgehead atoms. The monoisotopic (exact) mass is 462 g/mol. The van der Waals surface area contributed by atoms with Gasteiger partial charge in [-0.3, -0.25) is 9.59 Å². The van der Waals surface area contributed by atoms with Crippen LogP contribution in [0.25, 0.3) is 0 Å². The van der Waals surface area contributed by atoms with Gasteiger partial charge in [-0.25, -0.2) is 0 Å². The predicted molar refractivity (Wildman–Crippen MR) is 128 cm³/mol. The van der Waals surface area contributed by atoms with Crippen molar-refractivity contribution in [2.24, 2.45) is 0 Å². The van der Waals surface area contributed by atoms with Crippen LogP contribution in [0, 0.1) is 0 Å². The molecule has 2 amide bonds. The van der Waals surface area contributed by atoms with Crippen molar-refractivity contribution in [1.29, 1.82) is 0 Å². The molecule has 2 aromatic carbocycles. The molecule has 1 N–H and O–H groups in total. The number of hydrogen-bond acceptors (Lipinski definition) is 4. The number of benzene rings is 2. The highest BCUT2D eigenvalue weighted by molar-refractivity contribution is 8.00. The summed E-state index contributed by atoms with van der Waals surface area (Å²) in [6.07, 6.45) is 1.36. The van der Waals surface area contributed by atoms with E-state index in [4.69, 9.17) is 16.3 Å². The maximum absolute atomic E-state index is 13.3. The van der Waals surface area contributed by atoms with Gasteiger partial charge in [-0.05, 0) is 61.7 Å². The molecule has 31 heavy (non-hydrogen) atoms. The van der Waals surface area contributed by atoms with Gasteiger partial charge in [0.25, 0.3) is 0 Å².